The third kappa shape index (κ3) is 3.98. The Labute approximate surface area is 146 Å². The zero-order chi connectivity index (χ0) is 18.1. The van der Waals surface area contributed by atoms with E-state index < -0.39 is 23.4 Å². The zero-order valence-electron chi connectivity index (χ0n) is 13.1. The van der Waals surface area contributed by atoms with E-state index in [4.69, 9.17) is 0 Å². The first-order valence-electron chi connectivity index (χ1n) is 7.59. The summed E-state index contributed by atoms with van der Waals surface area (Å²) in [6.07, 6.45) is -2.80. The van der Waals surface area contributed by atoms with E-state index in [2.05, 4.69) is 10.4 Å². The summed E-state index contributed by atoms with van der Waals surface area (Å²) in [5, 5.41) is 16.4. The highest BCUT2D eigenvalue weighted by Crippen LogP contribution is 2.28. The van der Waals surface area contributed by atoms with Crippen molar-refractivity contribution in [2.45, 2.75) is 24.7 Å². The summed E-state index contributed by atoms with van der Waals surface area (Å²) in [5.41, 5.74) is -1.01. The molecule has 2 aromatic rings. The van der Waals surface area contributed by atoms with Crippen LogP contribution >= 0.6 is 11.8 Å². The smallest absolute Gasteiger partial charge is 0.379 e. The molecule has 0 aliphatic carbocycles. The molecule has 2 heterocycles. The Balaban J connectivity index is 1.62. The quantitative estimate of drug-likeness (QED) is 0.866. The Bertz CT molecular complexity index is 753. The average Bonchev–Trinajstić information content (AvgIpc) is 3.22. The van der Waals surface area contributed by atoms with Gasteiger partial charge in [-0.1, -0.05) is 12.1 Å². The van der Waals surface area contributed by atoms with Crippen molar-refractivity contribution in [3.63, 3.8) is 0 Å². The first kappa shape index (κ1) is 17.8. The largest absolute Gasteiger partial charge is 0.435 e. The van der Waals surface area contributed by atoms with Crippen molar-refractivity contribution in [2.24, 2.45) is 0 Å². The lowest BCUT2D eigenvalue weighted by atomic mass is 10.0. The van der Waals surface area contributed by atoms with Crippen molar-refractivity contribution in [1.82, 2.24) is 15.1 Å². The maximum Gasteiger partial charge on any atom is 0.435 e. The standard InChI is InChI=1S/C16H16F3N3O2S/c17-16(18,19)13-5-7-22(21-13)12-3-1-11(2-4-12)9-20-14(23)15(24)6-8-25-10-15/h1-5,7,24H,6,8-10H2,(H,20,23)/t15-/m1/s1. The molecule has 1 aromatic heterocycles. The van der Waals surface area contributed by atoms with E-state index in [1.165, 1.54) is 18.0 Å². The summed E-state index contributed by atoms with van der Waals surface area (Å²) in [7, 11) is 0. The second-order valence-corrected chi connectivity index (χ2v) is 6.93. The number of amides is 1. The van der Waals surface area contributed by atoms with Gasteiger partial charge < -0.3 is 10.4 Å². The minimum Gasteiger partial charge on any atom is -0.379 e. The fraction of sp³-hybridized carbons (Fsp3) is 0.375. The molecule has 134 valence electrons. The van der Waals surface area contributed by atoms with E-state index in [0.29, 0.717) is 17.9 Å². The van der Waals surface area contributed by atoms with Crippen molar-refractivity contribution in [2.75, 3.05) is 11.5 Å². The van der Waals surface area contributed by atoms with Gasteiger partial charge in [-0.2, -0.15) is 30.0 Å². The van der Waals surface area contributed by atoms with Crippen molar-refractivity contribution in [3.05, 3.63) is 47.8 Å². The lowest BCUT2D eigenvalue weighted by Gasteiger charge is -2.20. The number of aromatic nitrogens is 2. The third-order valence-electron chi connectivity index (χ3n) is 3.96. The van der Waals surface area contributed by atoms with Crippen LogP contribution in [-0.2, 0) is 17.5 Å². The number of carbonyl (C=O) groups is 1. The predicted octanol–water partition coefficient (Wildman–Crippen LogP) is 2.38. The van der Waals surface area contributed by atoms with Crippen LogP contribution in [0.5, 0.6) is 0 Å². The molecule has 9 heteroatoms. The van der Waals surface area contributed by atoms with Crippen LogP contribution in [0.15, 0.2) is 36.5 Å². The number of benzene rings is 1. The van der Waals surface area contributed by atoms with Gasteiger partial charge >= 0.3 is 6.18 Å². The molecule has 25 heavy (non-hydrogen) atoms. The summed E-state index contributed by atoms with van der Waals surface area (Å²) in [6, 6.07) is 7.54. The molecule has 1 aliphatic heterocycles. The number of thioether (sulfide) groups is 1. The first-order valence-corrected chi connectivity index (χ1v) is 8.74. The number of rotatable bonds is 4. The van der Waals surface area contributed by atoms with Gasteiger partial charge in [-0.3, -0.25) is 4.79 Å². The predicted molar refractivity (Wildman–Crippen MR) is 87.3 cm³/mol. The Morgan fingerprint density at radius 2 is 2.04 bits per heavy atom. The van der Waals surface area contributed by atoms with Gasteiger partial charge in [0.05, 0.1) is 5.69 Å². The monoisotopic (exact) mass is 371 g/mol. The van der Waals surface area contributed by atoms with Gasteiger partial charge in [-0.05, 0) is 35.9 Å². The van der Waals surface area contributed by atoms with Gasteiger partial charge in [-0.15, -0.1) is 0 Å². The lowest BCUT2D eigenvalue weighted by Crippen LogP contribution is -2.46. The number of hydrogen-bond acceptors (Lipinski definition) is 4. The van der Waals surface area contributed by atoms with E-state index in [0.717, 1.165) is 22.1 Å². The molecule has 1 fully saturated rings. The number of nitrogens with zero attached hydrogens (tertiary/aromatic N) is 2. The van der Waals surface area contributed by atoms with Crippen molar-refractivity contribution in [1.29, 1.82) is 0 Å². The van der Waals surface area contributed by atoms with Gasteiger partial charge in [0.2, 0.25) is 0 Å². The van der Waals surface area contributed by atoms with Gasteiger partial charge in [0.15, 0.2) is 11.3 Å². The molecule has 1 amide bonds. The Kier molecular flexibility index (Phi) is 4.79. The summed E-state index contributed by atoms with van der Waals surface area (Å²) in [5.74, 6) is 0.740. The topological polar surface area (TPSA) is 67.2 Å². The van der Waals surface area contributed by atoms with Crippen molar-refractivity contribution in [3.8, 4) is 5.69 Å². The molecule has 0 saturated carbocycles. The molecular formula is C16H16F3N3O2S. The molecule has 1 aliphatic rings. The van der Waals surface area contributed by atoms with Crippen LogP contribution < -0.4 is 5.32 Å². The van der Waals surface area contributed by atoms with Crippen LogP contribution in [0, 0.1) is 0 Å². The van der Waals surface area contributed by atoms with E-state index in [-0.39, 0.29) is 6.54 Å². The maximum absolute atomic E-state index is 12.6. The lowest BCUT2D eigenvalue weighted by molar-refractivity contribution is -0.141. The SMILES string of the molecule is O=C(NCc1ccc(-n2ccc(C(F)(F)F)n2)cc1)[C@@]1(O)CCSC1. The molecule has 0 unspecified atom stereocenters. The van der Waals surface area contributed by atoms with E-state index in [9.17, 15) is 23.1 Å². The molecular weight excluding hydrogens is 355 g/mol. The molecule has 0 spiro atoms. The zero-order valence-corrected chi connectivity index (χ0v) is 13.9. The van der Waals surface area contributed by atoms with Crippen LogP contribution in [0.25, 0.3) is 5.69 Å². The van der Waals surface area contributed by atoms with Gasteiger partial charge in [0.25, 0.3) is 5.91 Å². The highest BCUT2D eigenvalue weighted by atomic mass is 32.2. The van der Waals surface area contributed by atoms with Crippen LogP contribution in [0.3, 0.4) is 0 Å². The Morgan fingerprint density at radius 3 is 2.60 bits per heavy atom. The van der Waals surface area contributed by atoms with Crippen LogP contribution in [0.1, 0.15) is 17.7 Å². The normalized spacial score (nSPS) is 20.6. The Morgan fingerprint density at radius 1 is 1.32 bits per heavy atom. The molecule has 2 N–H and O–H groups in total. The van der Waals surface area contributed by atoms with Gasteiger partial charge in [-0.25, -0.2) is 4.68 Å². The molecule has 0 radical (unpaired) electrons. The molecule has 3 rings (SSSR count). The number of hydrogen-bond donors (Lipinski definition) is 2. The van der Waals surface area contributed by atoms with E-state index in [1.54, 1.807) is 24.3 Å². The van der Waals surface area contributed by atoms with E-state index in [1.807, 2.05) is 0 Å². The fourth-order valence-corrected chi connectivity index (χ4v) is 3.71. The first-order chi connectivity index (χ1) is 11.8. The van der Waals surface area contributed by atoms with Crippen molar-refractivity contribution < 1.29 is 23.1 Å². The minimum atomic E-state index is -4.48. The third-order valence-corrected chi connectivity index (χ3v) is 5.13. The fourth-order valence-electron chi connectivity index (χ4n) is 2.47. The van der Waals surface area contributed by atoms with Crippen LogP contribution in [0.4, 0.5) is 13.2 Å². The molecule has 0 bridgehead atoms. The summed E-state index contributed by atoms with van der Waals surface area (Å²) in [6.45, 7) is 0.235. The van der Waals surface area contributed by atoms with Gasteiger partial charge in [0, 0.05) is 18.5 Å². The van der Waals surface area contributed by atoms with Crippen molar-refractivity contribution >= 4 is 17.7 Å². The number of alkyl halides is 3. The van der Waals surface area contributed by atoms with Crippen LogP contribution in [-0.4, -0.2) is 37.9 Å². The summed E-state index contributed by atoms with van der Waals surface area (Å²) in [4.78, 5) is 12.0. The van der Waals surface area contributed by atoms with Gasteiger partial charge in [0.1, 0.15) is 0 Å². The minimum absolute atomic E-state index is 0.235. The molecule has 1 saturated heterocycles. The average molecular weight is 371 g/mol. The van der Waals surface area contributed by atoms with E-state index >= 15 is 0 Å². The highest BCUT2D eigenvalue weighted by molar-refractivity contribution is 7.99. The second kappa shape index (κ2) is 6.72. The summed E-state index contributed by atoms with van der Waals surface area (Å²) >= 11 is 1.53. The van der Waals surface area contributed by atoms with Crippen LogP contribution in [0.2, 0.25) is 0 Å². The molecule has 1 aromatic carbocycles. The second-order valence-electron chi connectivity index (χ2n) is 5.83. The highest BCUT2D eigenvalue weighted by Gasteiger charge is 2.39. The Hall–Kier alpha value is -2.00. The molecule has 1 atom stereocenters. The number of carbonyl (C=O) groups excluding carboxylic acids is 1. The number of halogens is 3. The maximum atomic E-state index is 12.6. The summed E-state index contributed by atoms with van der Waals surface area (Å²) < 4.78 is 38.9. The molecule has 5 nitrogen and oxygen atoms in total. The number of aliphatic hydroxyl groups is 1. The number of nitrogens with one attached hydrogen (secondary N) is 1.